The van der Waals surface area contributed by atoms with Crippen molar-refractivity contribution in [3.05, 3.63) is 59.4 Å². The predicted molar refractivity (Wildman–Crippen MR) is 96.9 cm³/mol. The Labute approximate surface area is 150 Å². The van der Waals surface area contributed by atoms with E-state index in [9.17, 15) is 4.79 Å². The number of halogens is 1. The number of hydrogen-bond donors (Lipinski definition) is 1. The van der Waals surface area contributed by atoms with Crippen molar-refractivity contribution >= 4 is 28.5 Å². The Hall–Kier alpha value is -2.37. The lowest BCUT2D eigenvalue weighted by Crippen LogP contribution is -2.30. The summed E-state index contributed by atoms with van der Waals surface area (Å²) in [6.07, 6.45) is 2.57. The average molecular weight is 356 g/mol. The molecular formula is C19H18ClN3O2. The quantitative estimate of drug-likeness (QED) is 0.781. The van der Waals surface area contributed by atoms with Gasteiger partial charge in [0.1, 0.15) is 6.33 Å². The second kappa shape index (κ2) is 6.86. The van der Waals surface area contributed by atoms with Crippen LogP contribution in [0.4, 0.5) is 0 Å². The third-order valence-corrected chi connectivity index (χ3v) is 4.87. The molecule has 128 valence electrons. The fourth-order valence-corrected chi connectivity index (χ4v) is 3.30. The second-order valence-corrected chi connectivity index (χ2v) is 6.56. The lowest BCUT2D eigenvalue weighted by molar-refractivity contribution is -0.125. The summed E-state index contributed by atoms with van der Waals surface area (Å²) in [5.74, 6) is -0.0198. The number of carbonyl (C=O) groups excluding carboxylic acids is 1. The van der Waals surface area contributed by atoms with E-state index in [1.165, 1.54) is 0 Å². The van der Waals surface area contributed by atoms with Gasteiger partial charge in [-0.3, -0.25) is 9.36 Å². The summed E-state index contributed by atoms with van der Waals surface area (Å²) in [4.78, 5) is 16.5. The highest BCUT2D eigenvalue weighted by atomic mass is 35.5. The molecule has 1 aliphatic rings. The SMILES string of the molecule is O=C(NCc1ccc(-n2cnc3ccccc32)cc1Cl)[C@@H]1CCOC1. The molecule has 0 radical (unpaired) electrons. The summed E-state index contributed by atoms with van der Waals surface area (Å²) in [5.41, 5.74) is 3.80. The number of aromatic nitrogens is 2. The molecule has 4 rings (SSSR count). The molecule has 1 saturated heterocycles. The third-order valence-electron chi connectivity index (χ3n) is 4.52. The largest absolute Gasteiger partial charge is 0.381 e. The Balaban J connectivity index is 1.51. The molecule has 1 aliphatic heterocycles. The predicted octanol–water partition coefficient (Wildman–Crippen LogP) is 3.33. The molecule has 3 aromatic rings. The maximum absolute atomic E-state index is 12.1. The first-order chi connectivity index (χ1) is 12.2. The molecule has 0 unspecified atom stereocenters. The maximum Gasteiger partial charge on any atom is 0.225 e. The number of fused-ring (bicyclic) bond motifs is 1. The van der Waals surface area contributed by atoms with Crippen molar-refractivity contribution in [2.75, 3.05) is 13.2 Å². The molecular weight excluding hydrogens is 338 g/mol. The molecule has 0 aliphatic carbocycles. The molecule has 0 bridgehead atoms. The Bertz CT molecular complexity index is 916. The lowest BCUT2D eigenvalue weighted by atomic mass is 10.1. The molecule has 2 heterocycles. The van der Waals surface area contributed by atoms with Crippen LogP contribution < -0.4 is 5.32 Å². The molecule has 0 saturated carbocycles. The van der Waals surface area contributed by atoms with Gasteiger partial charge in [0.2, 0.25) is 5.91 Å². The van der Waals surface area contributed by atoms with Crippen LogP contribution in [0.5, 0.6) is 0 Å². The summed E-state index contributed by atoms with van der Waals surface area (Å²) in [5, 5.41) is 3.57. The van der Waals surface area contributed by atoms with E-state index in [1.807, 2.05) is 47.0 Å². The van der Waals surface area contributed by atoms with Crippen LogP contribution in [0.15, 0.2) is 48.8 Å². The molecule has 25 heavy (non-hydrogen) atoms. The molecule has 1 fully saturated rings. The zero-order valence-corrected chi connectivity index (χ0v) is 14.4. The van der Waals surface area contributed by atoms with E-state index in [4.69, 9.17) is 16.3 Å². The Morgan fingerprint density at radius 3 is 3.00 bits per heavy atom. The Kier molecular flexibility index (Phi) is 4.42. The number of imidazole rings is 1. The van der Waals surface area contributed by atoms with Gasteiger partial charge in [0.05, 0.1) is 23.6 Å². The number of para-hydroxylation sites is 2. The molecule has 1 aromatic heterocycles. The Morgan fingerprint density at radius 1 is 1.32 bits per heavy atom. The normalized spacial score (nSPS) is 17.1. The van der Waals surface area contributed by atoms with Gasteiger partial charge in [-0.25, -0.2) is 4.98 Å². The van der Waals surface area contributed by atoms with Crippen LogP contribution in [-0.4, -0.2) is 28.7 Å². The lowest BCUT2D eigenvalue weighted by Gasteiger charge is -2.12. The Morgan fingerprint density at radius 2 is 2.20 bits per heavy atom. The van der Waals surface area contributed by atoms with Crippen LogP contribution in [-0.2, 0) is 16.1 Å². The highest BCUT2D eigenvalue weighted by Crippen LogP contribution is 2.24. The van der Waals surface area contributed by atoms with Crippen molar-refractivity contribution in [1.82, 2.24) is 14.9 Å². The van der Waals surface area contributed by atoms with Crippen LogP contribution in [0.2, 0.25) is 5.02 Å². The number of rotatable bonds is 4. The molecule has 6 heteroatoms. The van der Waals surface area contributed by atoms with Gasteiger partial charge in [-0.15, -0.1) is 0 Å². The molecule has 5 nitrogen and oxygen atoms in total. The van der Waals surface area contributed by atoms with E-state index >= 15 is 0 Å². The van der Waals surface area contributed by atoms with Gasteiger partial charge >= 0.3 is 0 Å². The molecule has 1 atom stereocenters. The van der Waals surface area contributed by atoms with Crippen molar-refractivity contribution in [3.63, 3.8) is 0 Å². The molecule has 1 amide bonds. The van der Waals surface area contributed by atoms with Gasteiger partial charge in [0, 0.05) is 23.9 Å². The van der Waals surface area contributed by atoms with Crippen LogP contribution in [0.25, 0.3) is 16.7 Å². The highest BCUT2D eigenvalue weighted by Gasteiger charge is 2.23. The van der Waals surface area contributed by atoms with Gasteiger partial charge in [-0.2, -0.15) is 0 Å². The smallest absolute Gasteiger partial charge is 0.225 e. The fourth-order valence-electron chi connectivity index (χ4n) is 3.06. The van der Waals surface area contributed by atoms with E-state index in [1.54, 1.807) is 6.33 Å². The number of nitrogens with zero attached hydrogens (tertiary/aromatic N) is 2. The second-order valence-electron chi connectivity index (χ2n) is 6.16. The van der Waals surface area contributed by atoms with Gasteiger partial charge in [0.15, 0.2) is 0 Å². The van der Waals surface area contributed by atoms with E-state index in [-0.39, 0.29) is 11.8 Å². The standard InChI is InChI=1S/C19H18ClN3O2/c20-16-9-15(23-12-22-17-3-1-2-4-18(17)23)6-5-13(16)10-21-19(24)14-7-8-25-11-14/h1-6,9,12,14H,7-8,10-11H2,(H,21,24)/t14-/m1/s1. The number of carbonyl (C=O) groups is 1. The van der Waals surface area contributed by atoms with Crippen molar-refractivity contribution in [1.29, 1.82) is 0 Å². The number of amides is 1. The number of benzene rings is 2. The van der Waals surface area contributed by atoms with Crippen molar-refractivity contribution in [2.24, 2.45) is 5.92 Å². The fraction of sp³-hybridized carbons (Fsp3) is 0.263. The average Bonchev–Trinajstić information content (AvgIpc) is 3.30. The number of nitrogens with one attached hydrogen (secondary N) is 1. The zero-order valence-electron chi connectivity index (χ0n) is 13.6. The van der Waals surface area contributed by atoms with Crippen molar-refractivity contribution < 1.29 is 9.53 Å². The van der Waals surface area contributed by atoms with Gasteiger partial charge in [-0.05, 0) is 36.2 Å². The van der Waals surface area contributed by atoms with E-state index in [0.717, 1.165) is 28.7 Å². The van der Waals surface area contributed by atoms with E-state index in [0.29, 0.717) is 24.8 Å². The summed E-state index contributed by atoms with van der Waals surface area (Å²) in [6.45, 7) is 1.58. The molecule has 0 spiro atoms. The number of ether oxygens (including phenoxy) is 1. The minimum Gasteiger partial charge on any atom is -0.381 e. The highest BCUT2D eigenvalue weighted by molar-refractivity contribution is 6.31. The van der Waals surface area contributed by atoms with Crippen molar-refractivity contribution in [2.45, 2.75) is 13.0 Å². The van der Waals surface area contributed by atoms with Gasteiger partial charge in [-0.1, -0.05) is 29.8 Å². The minimum absolute atomic E-state index is 0.0262. The van der Waals surface area contributed by atoms with E-state index < -0.39 is 0 Å². The minimum atomic E-state index is -0.0460. The first-order valence-corrected chi connectivity index (χ1v) is 8.66. The zero-order chi connectivity index (χ0) is 17.2. The van der Waals surface area contributed by atoms with Crippen LogP contribution >= 0.6 is 11.6 Å². The molecule has 2 aromatic carbocycles. The van der Waals surface area contributed by atoms with Crippen LogP contribution in [0.3, 0.4) is 0 Å². The number of hydrogen-bond acceptors (Lipinski definition) is 3. The molecule has 1 N–H and O–H groups in total. The first kappa shape index (κ1) is 16.1. The van der Waals surface area contributed by atoms with Gasteiger partial charge < -0.3 is 10.1 Å². The van der Waals surface area contributed by atoms with E-state index in [2.05, 4.69) is 10.3 Å². The first-order valence-electron chi connectivity index (χ1n) is 8.29. The third kappa shape index (κ3) is 3.25. The van der Waals surface area contributed by atoms with Gasteiger partial charge in [0.25, 0.3) is 0 Å². The summed E-state index contributed by atoms with van der Waals surface area (Å²) in [6, 6.07) is 13.8. The van der Waals surface area contributed by atoms with Crippen LogP contribution in [0, 0.1) is 5.92 Å². The summed E-state index contributed by atoms with van der Waals surface area (Å²) in [7, 11) is 0. The maximum atomic E-state index is 12.1. The van der Waals surface area contributed by atoms with Crippen molar-refractivity contribution in [3.8, 4) is 5.69 Å². The summed E-state index contributed by atoms with van der Waals surface area (Å²) >= 11 is 6.43. The summed E-state index contributed by atoms with van der Waals surface area (Å²) < 4.78 is 7.25. The van der Waals surface area contributed by atoms with Crippen LogP contribution in [0.1, 0.15) is 12.0 Å². The monoisotopic (exact) mass is 355 g/mol. The topological polar surface area (TPSA) is 56.2 Å².